The first-order valence-electron chi connectivity index (χ1n) is 12.5. The second kappa shape index (κ2) is 11.2. The molecule has 2 aliphatic rings. The van der Waals surface area contributed by atoms with Gasteiger partial charge in [0.05, 0.1) is 28.9 Å². The quantitative estimate of drug-likeness (QED) is 0.367. The second-order valence-electron chi connectivity index (χ2n) is 9.36. The third kappa shape index (κ3) is 5.86. The number of piperazine rings is 1. The number of nitrogens with zero attached hydrogens (tertiary/aromatic N) is 2. The van der Waals surface area contributed by atoms with Crippen molar-refractivity contribution in [2.24, 2.45) is 0 Å². The maximum atomic E-state index is 13.1. The van der Waals surface area contributed by atoms with Crippen molar-refractivity contribution in [3.05, 3.63) is 88.9 Å². The molecule has 3 aromatic carbocycles. The molecule has 198 valence electrons. The Bertz CT molecular complexity index is 1450. The average molecular weight is 552 g/mol. The van der Waals surface area contributed by atoms with E-state index >= 15 is 0 Å². The molecule has 0 aromatic heterocycles. The molecule has 0 unspecified atom stereocenters. The highest BCUT2D eigenvalue weighted by Crippen LogP contribution is 2.38. The highest BCUT2D eigenvalue weighted by Gasteiger charge is 2.28. The summed E-state index contributed by atoms with van der Waals surface area (Å²) < 4.78 is 26.7. The number of nitrogens with one attached hydrogen (secondary N) is 3. The summed E-state index contributed by atoms with van der Waals surface area (Å²) in [5, 5.41) is 10.2. The van der Waals surface area contributed by atoms with Crippen LogP contribution >= 0.6 is 11.6 Å². The number of hydrogen-bond acceptors (Lipinski definition) is 6. The standard InChI is InChI=1S/C28H30ClN5O3S/c1-38(36,37)34(18-17-33-15-13-30-14-16-33)23-10-8-22(9-11-23)31-27(20-5-3-2-4-6-20)26-24-12-7-21(29)19-25(24)32-28(26)35/h2-12,19,30-31H,13-18H2,1H3,(H,32,35)/b27-26-. The molecule has 0 spiro atoms. The predicted octanol–water partition coefficient (Wildman–Crippen LogP) is 3.94. The van der Waals surface area contributed by atoms with E-state index < -0.39 is 10.0 Å². The minimum absolute atomic E-state index is 0.221. The van der Waals surface area contributed by atoms with Crippen molar-refractivity contribution in [3.63, 3.8) is 0 Å². The maximum Gasteiger partial charge on any atom is 0.258 e. The third-order valence-electron chi connectivity index (χ3n) is 6.69. The Kier molecular flexibility index (Phi) is 7.71. The van der Waals surface area contributed by atoms with E-state index in [0.29, 0.717) is 40.8 Å². The fraction of sp³-hybridized carbons (Fsp3) is 0.250. The molecule has 8 nitrogen and oxygen atoms in total. The van der Waals surface area contributed by atoms with E-state index in [0.717, 1.165) is 43.0 Å². The number of carbonyl (C=O) groups excluding carboxylic acids is 1. The van der Waals surface area contributed by atoms with Crippen LogP contribution in [0.5, 0.6) is 0 Å². The van der Waals surface area contributed by atoms with E-state index in [4.69, 9.17) is 11.6 Å². The van der Waals surface area contributed by atoms with Crippen LogP contribution in [0.25, 0.3) is 11.3 Å². The van der Waals surface area contributed by atoms with Gasteiger partial charge < -0.3 is 16.0 Å². The Balaban J connectivity index is 1.44. The number of hydrogen-bond donors (Lipinski definition) is 3. The molecule has 1 fully saturated rings. The van der Waals surface area contributed by atoms with Gasteiger partial charge in [-0.2, -0.15) is 0 Å². The Hall–Kier alpha value is -3.37. The Labute approximate surface area is 228 Å². The Morgan fingerprint density at radius 1 is 1.03 bits per heavy atom. The molecule has 3 N–H and O–H groups in total. The highest BCUT2D eigenvalue weighted by atomic mass is 35.5. The summed E-state index contributed by atoms with van der Waals surface area (Å²) in [6, 6.07) is 22.2. The molecule has 1 saturated heterocycles. The zero-order valence-electron chi connectivity index (χ0n) is 21.1. The van der Waals surface area contributed by atoms with E-state index in [-0.39, 0.29) is 5.91 Å². The largest absolute Gasteiger partial charge is 0.354 e. The number of anilines is 3. The second-order valence-corrected chi connectivity index (χ2v) is 11.7. The van der Waals surface area contributed by atoms with Gasteiger partial charge in [0.1, 0.15) is 0 Å². The van der Waals surface area contributed by atoms with E-state index in [1.807, 2.05) is 48.5 Å². The molecule has 0 bridgehead atoms. The van der Waals surface area contributed by atoms with Gasteiger partial charge in [0, 0.05) is 55.5 Å². The number of amides is 1. The SMILES string of the molecule is CS(=O)(=O)N(CCN1CCNCC1)c1ccc(N/C(=C2\C(=O)Nc3cc(Cl)ccc32)c2ccccc2)cc1. The number of halogens is 1. The van der Waals surface area contributed by atoms with Gasteiger partial charge in [0.2, 0.25) is 10.0 Å². The summed E-state index contributed by atoms with van der Waals surface area (Å²) in [5.41, 5.74) is 4.76. The molecule has 5 rings (SSSR count). The first kappa shape index (κ1) is 26.2. The summed E-state index contributed by atoms with van der Waals surface area (Å²) in [4.78, 5) is 15.3. The van der Waals surface area contributed by atoms with E-state index in [1.165, 1.54) is 10.6 Å². The summed E-state index contributed by atoms with van der Waals surface area (Å²) in [7, 11) is -3.46. The van der Waals surface area contributed by atoms with Crippen molar-refractivity contribution in [2.45, 2.75) is 0 Å². The maximum absolute atomic E-state index is 13.1. The molecule has 0 saturated carbocycles. The van der Waals surface area contributed by atoms with Gasteiger partial charge in [0.25, 0.3) is 5.91 Å². The van der Waals surface area contributed by atoms with Crippen molar-refractivity contribution in [3.8, 4) is 0 Å². The van der Waals surface area contributed by atoms with Crippen LogP contribution in [0.4, 0.5) is 17.1 Å². The highest BCUT2D eigenvalue weighted by molar-refractivity contribution is 7.92. The van der Waals surface area contributed by atoms with Crippen LogP contribution in [-0.2, 0) is 14.8 Å². The number of carbonyl (C=O) groups is 1. The van der Waals surface area contributed by atoms with Crippen molar-refractivity contribution < 1.29 is 13.2 Å². The van der Waals surface area contributed by atoms with E-state index in [9.17, 15) is 13.2 Å². The third-order valence-corrected chi connectivity index (χ3v) is 8.12. The predicted molar refractivity (Wildman–Crippen MR) is 155 cm³/mol. The Morgan fingerprint density at radius 3 is 2.42 bits per heavy atom. The fourth-order valence-corrected chi connectivity index (χ4v) is 5.88. The minimum atomic E-state index is -3.46. The Morgan fingerprint density at radius 2 is 1.74 bits per heavy atom. The van der Waals surface area contributed by atoms with Gasteiger partial charge in [-0.25, -0.2) is 8.42 Å². The monoisotopic (exact) mass is 551 g/mol. The zero-order chi connectivity index (χ0) is 26.7. The van der Waals surface area contributed by atoms with Crippen molar-refractivity contribution in [1.82, 2.24) is 10.2 Å². The zero-order valence-corrected chi connectivity index (χ0v) is 22.6. The van der Waals surface area contributed by atoms with Crippen LogP contribution in [0.15, 0.2) is 72.8 Å². The van der Waals surface area contributed by atoms with Gasteiger partial charge >= 0.3 is 0 Å². The smallest absolute Gasteiger partial charge is 0.258 e. The van der Waals surface area contributed by atoms with Crippen LogP contribution in [-0.4, -0.2) is 64.7 Å². The first-order valence-corrected chi connectivity index (χ1v) is 14.7. The molecule has 0 radical (unpaired) electrons. The van der Waals surface area contributed by atoms with E-state index in [2.05, 4.69) is 20.9 Å². The number of rotatable bonds is 8. The number of benzene rings is 3. The van der Waals surface area contributed by atoms with Crippen LogP contribution in [0, 0.1) is 0 Å². The van der Waals surface area contributed by atoms with Crippen molar-refractivity contribution >= 4 is 55.9 Å². The lowest BCUT2D eigenvalue weighted by molar-refractivity contribution is -0.110. The number of sulfonamides is 1. The van der Waals surface area contributed by atoms with E-state index in [1.54, 1.807) is 24.3 Å². The van der Waals surface area contributed by atoms with Crippen molar-refractivity contribution in [1.29, 1.82) is 0 Å². The summed E-state index contributed by atoms with van der Waals surface area (Å²) >= 11 is 6.15. The number of fused-ring (bicyclic) bond motifs is 1. The van der Waals surface area contributed by atoms with Gasteiger partial charge in [0.15, 0.2) is 0 Å². The fourth-order valence-electron chi connectivity index (χ4n) is 4.79. The molecule has 3 aromatic rings. The van der Waals surface area contributed by atoms with Crippen LogP contribution in [0.2, 0.25) is 5.02 Å². The molecular formula is C28H30ClN5O3S. The molecule has 1 amide bonds. The molecular weight excluding hydrogens is 522 g/mol. The normalized spacial score (nSPS) is 17.1. The molecule has 0 atom stereocenters. The molecule has 2 heterocycles. The summed E-state index contributed by atoms with van der Waals surface area (Å²) in [6.07, 6.45) is 1.23. The lowest BCUT2D eigenvalue weighted by Crippen LogP contribution is -2.47. The molecule has 38 heavy (non-hydrogen) atoms. The molecule has 10 heteroatoms. The van der Waals surface area contributed by atoms with Crippen molar-refractivity contribution in [2.75, 3.05) is 60.5 Å². The first-order chi connectivity index (χ1) is 18.3. The lowest BCUT2D eigenvalue weighted by Gasteiger charge is -2.30. The average Bonchev–Trinajstić information content (AvgIpc) is 3.23. The lowest BCUT2D eigenvalue weighted by atomic mass is 10.00. The molecule has 2 aliphatic heterocycles. The van der Waals surface area contributed by atoms with Gasteiger partial charge in [-0.3, -0.25) is 14.0 Å². The summed E-state index contributed by atoms with van der Waals surface area (Å²) in [6.45, 7) is 4.67. The van der Waals surface area contributed by atoms with Crippen LogP contribution in [0.1, 0.15) is 11.1 Å². The van der Waals surface area contributed by atoms with Crippen LogP contribution in [0.3, 0.4) is 0 Å². The molecule has 0 aliphatic carbocycles. The van der Waals surface area contributed by atoms with Crippen LogP contribution < -0.4 is 20.3 Å². The van der Waals surface area contributed by atoms with Gasteiger partial charge in [-0.15, -0.1) is 0 Å². The topological polar surface area (TPSA) is 93.8 Å². The van der Waals surface area contributed by atoms with Gasteiger partial charge in [-0.1, -0.05) is 48.0 Å². The summed E-state index contributed by atoms with van der Waals surface area (Å²) in [5.74, 6) is -0.221. The minimum Gasteiger partial charge on any atom is -0.354 e. The van der Waals surface area contributed by atoms with Gasteiger partial charge in [-0.05, 0) is 42.0 Å².